The van der Waals surface area contributed by atoms with Crippen LogP contribution in [0, 0.1) is 0 Å². The number of aliphatic hydroxyl groups is 3. The Kier molecular flexibility index (Phi) is 4.53. The summed E-state index contributed by atoms with van der Waals surface area (Å²) in [5, 5.41) is 31.5. The first-order valence-corrected chi connectivity index (χ1v) is 7.46. The molecule has 9 nitrogen and oxygen atoms in total. The average molecular weight is 348 g/mol. The molecule has 0 aliphatic carbocycles. The van der Waals surface area contributed by atoms with Gasteiger partial charge in [0, 0.05) is 11.8 Å². The molecule has 0 bridgehead atoms. The third-order valence-electron chi connectivity index (χ3n) is 3.76. The lowest BCUT2D eigenvalue weighted by Gasteiger charge is -2.17. The third kappa shape index (κ3) is 3.44. The molecule has 2 heterocycles. The van der Waals surface area contributed by atoms with Gasteiger partial charge in [-0.05, 0) is 18.2 Å². The van der Waals surface area contributed by atoms with Gasteiger partial charge in [-0.2, -0.15) is 4.98 Å². The van der Waals surface area contributed by atoms with Crippen molar-refractivity contribution < 1.29 is 26.2 Å². The number of anilines is 1. The van der Waals surface area contributed by atoms with E-state index < -0.39 is 42.7 Å². The number of nitrogens with zero attached hydrogens (tertiary/aromatic N) is 2. The zero-order valence-corrected chi connectivity index (χ0v) is 12.9. The number of benzene rings is 1. The lowest BCUT2D eigenvalue weighted by Crippen LogP contribution is -2.36. The Balaban J connectivity index is 1.80. The number of amides is 1. The Hall–Kier alpha value is -2.59. The highest BCUT2D eigenvalue weighted by molar-refractivity contribution is 6.03. The molecule has 1 fully saturated rings. The van der Waals surface area contributed by atoms with Crippen LogP contribution in [-0.4, -0.2) is 55.7 Å². The van der Waals surface area contributed by atoms with E-state index in [1.165, 1.54) is 12.3 Å². The number of carbonyl (C=O) groups is 1. The molecular formula is C16H17N3O6. The van der Waals surface area contributed by atoms with Crippen molar-refractivity contribution in [1.29, 1.82) is 0 Å². The molecule has 1 amide bonds. The van der Waals surface area contributed by atoms with E-state index in [9.17, 15) is 19.8 Å². The highest BCUT2D eigenvalue weighted by Gasteiger charge is 2.43. The number of hydrogen-bond acceptors (Lipinski definition) is 7. The van der Waals surface area contributed by atoms with Crippen LogP contribution in [0.15, 0.2) is 47.4 Å². The smallest absolute Gasteiger partial charge is 0.351 e. The van der Waals surface area contributed by atoms with Gasteiger partial charge in [-0.25, -0.2) is 4.79 Å². The van der Waals surface area contributed by atoms with E-state index in [4.69, 9.17) is 11.2 Å². The second-order valence-electron chi connectivity index (χ2n) is 5.39. The van der Waals surface area contributed by atoms with Crippen LogP contribution in [0.2, 0.25) is 0 Å². The van der Waals surface area contributed by atoms with Crippen LogP contribution in [0.4, 0.5) is 5.82 Å². The van der Waals surface area contributed by atoms with E-state index >= 15 is 0 Å². The van der Waals surface area contributed by atoms with Crippen LogP contribution in [0.3, 0.4) is 0 Å². The lowest BCUT2D eigenvalue weighted by molar-refractivity contribution is -0.0549. The Morgan fingerprint density at radius 1 is 1.28 bits per heavy atom. The Morgan fingerprint density at radius 2 is 2.00 bits per heavy atom. The number of hydrogen-bond donors (Lipinski definition) is 4. The fourth-order valence-electron chi connectivity index (χ4n) is 2.45. The van der Waals surface area contributed by atoms with Crippen LogP contribution >= 0.6 is 0 Å². The summed E-state index contributed by atoms with van der Waals surface area (Å²) < 4.78 is 13.8. The van der Waals surface area contributed by atoms with Crippen LogP contribution in [0.5, 0.6) is 0 Å². The van der Waals surface area contributed by atoms with Crippen LogP contribution < -0.4 is 11.0 Å². The van der Waals surface area contributed by atoms with Crippen molar-refractivity contribution in [2.75, 3.05) is 11.9 Å². The summed E-state index contributed by atoms with van der Waals surface area (Å²) >= 11 is 0. The van der Waals surface area contributed by atoms with Gasteiger partial charge < -0.3 is 25.4 Å². The van der Waals surface area contributed by atoms with Crippen molar-refractivity contribution in [3.63, 3.8) is 0 Å². The number of aliphatic hydroxyl groups excluding tert-OH is 3. The quantitative estimate of drug-likeness (QED) is 0.563. The number of aromatic nitrogens is 2. The average Bonchev–Trinajstić information content (AvgIpc) is 2.87. The summed E-state index contributed by atoms with van der Waals surface area (Å²) in [5.41, 5.74) is -0.479. The molecule has 2 aromatic rings. The first-order valence-electron chi connectivity index (χ1n) is 7.96. The van der Waals surface area contributed by atoms with Gasteiger partial charge in [-0.3, -0.25) is 9.36 Å². The largest absolute Gasteiger partial charge is 0.394 e. The molecule has 0 spiro atoms. The number of nitrogens with one attached hydrogen (secondary N) is 1. The van der Waals surface area contributed by atoms with Gasteiger partial charge in [-0.1, -0.05) is 18.2 Å². The molecule has 0 unspecified atom stereocenters. The molecule has 4 atom stereocenters. The standard InChI is InChI=1S/C16H17N3O6/c20-8-10-12(21)13(22)15(25-10)19-7-6-11(18-16(19)24)17-14(23)9-4-2-1-3-5-9/h1-7,10,12-13,15,20-22H,8H2,(H,17,18,23,24)/t10-,12-,13-,15-/m1/s1/i10D. The fourth-order valence-corrected chi connectivity index (χ4v) is 2.45. The van der Waals surface area contributed by atoms with Crippen molar-refractivity contribution in [2.45, 2.75) is 24.5 Å². The normalized spacial score (nSPS) is 29.2. The molecule has 0 saturated carbocycles. The van der Waals surface area contributed by atoms with Crippen molar-refractivity contribution in [3.05, 3.63) is 58.6 Å². The van der Waals surface area contributed by atoms with E-state index in [0.29, 0.717) is 5.56 Å². The van der Waals surface area contributed by atoms with Crippen molar-refractivity contribution in [1.82, 2.24) is 9.55 Å². The summed E-state index contributed by atoms with van der Waals surface area (Å²) in [5.74, 6) is -0.458. The molecule has 1 aliphatic heterocycles. The SMILES string of the molecule is [2H][C@]1(CO)O[C@@H](n2ccc(NC(=O)c3ccccc3)nc2=O)[C@H](O)[C@@H]1O. The predicted octanol–water partition coefficient (Wildman–Crippen LogP) is -0.893. The van der Waals surface area contributed by atoms with E-state index in [1.54, 1.807) is 30.3 Å². The lowest BCUT2D eigenvalue weighted by atomic mass is 10.1. The minimum Gasteiger partial charge on any atom is -0.394 e. The molecule has 1 aromatic heterocycles. The molecule has 1 aliphatic rings. The van der Waals surface area contributed by atoms with Gasteiger partial charge in [0.25, 0.3) is 5.91 Å². The Morgan fingerprint density at radius 3 is 2.60 bits per heavy atom. The number of rotatable bonds is 4. The highest BCUT2D eigenvalue weighted by atomic mass is 16.6. The van der Waals surface area contributed by atoms with Gasteiger partial charge in [-0.15, -0.1) is 0 Å². The molecular weight excluding hydrogens is 330 g/mol. The van der Waals surface area contributed by atoms with Crippen LogP contribution in [0.25, 0.3) is 0 Å². The van der Waals surface area contributed by atoms with Gasteiger partial charge in [0.1, 0.15) is 24.1 Å². The van der Waals surface area contributed by atoms with E-state index in [0.717, 1.165) is 4.57 Å². The summed E-state index contributed by atoms with van der Waals surface area (Å²) in [6.45, 7) is -0.866. The summed E-state index contributed by atoms with van der Waals surface area (Å²) in [7, 11) is 0. The first kappa shape index (κ1) is 15.9. The maximum absolute atomic E-state index is 12.2. The van der Waals surface area contributed by atoms with E-state index in [1.807, 2.05) is 0 Å². The van der Waals surface area contributed by atoms with Crippen LogP contribution in [-0.2, 0) is 4.74 Å². The summed E-state index contributed by atoms with van der Waals surface area (Å²) in [6.07, 6.45) is -5.65. The zero-order chi connectivity index (χ0) is 18.9. The number of carbonyl (C=O) groups excluding carboxylic acids is 1. The molecule has 4 N–H and O–H groups in total. The minimum atomic E-state index is -2.15. The Bertz CT molecular complexity index is 861. The minimum absolute atomic E-state index is 0.00701. The molecule has 9 heteroatoms. The Labute approximate surface area is 143 Å². The predicted molar refractivity (Wildman–Crippen MR) is 85.9 cm³/mol. The molecule has 132 valence electrons. The van der Waals surface area contributed by atoms with Gasteiger partial charge in [0.15, 0.2) is 6.23 Å². The number of ether oxygens (including phenoxy) is 1. The molecule has 3 rings (SSSR count). The van der Waals surface area contributed by atoms with E-state index in [2.05, 4.69) is 10.3 Å². The molecule has 0 radical (unpaired) electrons. The molecule has 1 saturated heterocycles. The van der Waals surface area contributed by atoms with Gasteiger partial charge >= 0.3 is 5.69 Å². The van der Waals surface area contributed by atoms with Crippen molar-refractivity contribution in [2.24, 2.45) is 0 Å². The molecule has 1 aromatic carbocycles. The summed E-state index contributed by atoms with van der Waals surface area (Å²) in [6, 6.07) is 9.66. The van der Waals surface area contributed by atoms with E-state index in [-0.39, 0.29) is 5.82 Å². The second kappa shape index (κ2) is 7.11. The second-order valence-corrected chi connectivity index (χ2v) is 5.39. The van der Waals surface area contributed by atoms with Crippen molar-refractivity contribution in [3.8, 4) is 0 Å². The maximum Gasteiger partial charge on any atom is 0.351 e. The van der Waals surface area contributed by atoms with Gasteiger partial charge in [0.2, 0.25) is 0 Å². The first-order chi connectivity index (χ1) is 12.4. The fraction of sp³-hybridized carbons (Fsp3) is 0.312. The topological polar surface area (TPSA) is 134 Å². The monoisotopic (exact) mass is 348 g/mol. The maximum atomic E-state index is 12.2. The third-order valence-corrected chi connectivity index (χ3v) is 3.76. The summed E-state index contributed by atoms with van der Waals surface area (Å²) in [4.78, 5) is 28.0. The molecule has 25 heavy (non-hydrogen) atoms. The van der Waals surface area contributed by atoms with Gasteiger partial charge in [0.05, 0.1) is 7.98 Å². The zero-order valence-electron chi connectivity index (χ0n) is 13.9. The van der Waals surface area contributed by atoms with Crippen LogP contribution in [0.1, 0.15) is 18.0 Å². The van der Waals surface area contributed by atoms with Crippen molar-refractivity contribution >= 4 is 11.7 Å². The highest BCUT2D eigenvalue weighted by Crippen LogP contribution is 2.28.